The van der Waals surface area contributed by atoms with Crippen LogP contribution in [0.15, 0.2) is 60.9 Å². The number of halogens is 3. The monoisotopic (exact) mass is 430 g/mol. The number of amides is 1. The van der Waals surface area contributed by atoms with Gasteiger partial charge in [-0.3, -0.25) is 4.79 Å². The minimum atomic E-state index is -4.46. The molecule has 0 spiro atoms. The number of nitrogens with two attached hydrogens (primary N) is 1. The van der Waals surface area contributed by atoms with Crippen LogP contribution in [0.3, 0.4) is 0 Å². The Morgan fingerprint density at radius 3 is 2.80 bits per heavy atom. The van der Waals surface area contributed by atoms with Gasteiger partial charge in [0.1, 0.15) is 5.65 Å². The van der Waals surface area contributed by atoms with Crippen molar-refractivity contribution in [2.75, 3.05) is 6.54 Å². The molecule has 0 fully saturated rings. The second-order valence-electron chi connectivity index (χ2n) is 6.65. The number of aromatic amines is 1. The molecule has 154 valence electrons. The highest BCUT2D eigenvalue weighted by Gasteiger charge is 2.31. The molecule has 5 nitrogen and oxygen atoms in total. The van der Waals surface area contributed by atoms with Crippen molar-refractivity contribution in [2.24, 2.45) is 5.73 Å². The number of alkyl halides is 3. The molecular formula is C21H17F3N4OS. The van der Waals surface area contributed by atoms with E-state index in [2.05, 4.69) is 15.3 Å². The van der Waals surface area contributed by atoms with E-state index < -0.39 is 23.7 Å². The molecule has 30 heavy (non-hydrogen) atoms. The molecule has 0 aliphatic rings. The van der Waals surface area contributed by atoms with E-state index in [1.54, 1.807) is 18.5 Å². The molecule has 0 bridgehead atoms. The second-order valence-corrected chi connectivity index (χ2v) is 7.73. The molecule has 9 heteroatoms. The van der Waals surface area contributed by atoms with Crippen LogP contribution in [0, 0.1) is 0 Å². The number of H-pyrrole nitrogens is 1. The lowest BCUT2D eigenvalue weighted by Gasteiger charge is -2.18. The van der Waals surface area contributed by atoms with Crippen molar-refractivity contribution in [3.63, 3.8) is 0 Å². The lowest BCUT2D eigenvalue weighted by molar-refractivity contribution is -0.137. The van der Waals surface area contributed by atoms with Crippen LogP contribution in [0.25, 0.3) is 21.5 Å². The van der Waals surface area contributed by atoms with Crippen molar-refractivity contribution in [1.82, 2.24) is 15.3 Å². The van der Waals surface area contributed by atoms with Gasteiger partial charge in [0.25, 0.3) is 5.91 Å². The topological polar surface area (TPSA) is 83.8 Å². The summed E-state index contributed by atoms with van der Waals surface area (Å²) in [5.74, 6) is -0.390. The number of nitrogens with one attached hydrogen (secondary N) is 2. The SMILES string of the molecule is NCC(NC(=O)c1ccc(-c2ccnc3[nH]ccc23)s1)c1cccc(C(F)(F)F)c1. The van der Waals surface area contributed by atoms with Crippen LogP contribution in [0.1, 0.15) is 26.8 Å². The van der Waals surface area contributed by atoms with Crippen LogP contribution in [0.4, 0.5) is 13.2 Å². The number of fused-ring (bicyclic) bond motifs is 1. The molecule has 1 atom stereocenters. The van der Waals surface area contributed by atoms with Gasteiger partial charge in [0.2, 0.25) is 0 Å². The highest BCUT2D eigenvalue weighted by molar-refractivity contribution is 7.17. The molecule has 0 saturated carbocycles. The molecule has 0 aliphatic heterocycles. The molecular weight excluding hydrogens is 413 g/mol. The molecule has 1 unspecified atom stereocenters. The Labute approximate surface area is 173 Å². The number of nitrogens with zero attached hydrogens (tertiary/aromatic N) is 1. The first-order valence-electron chi connectivity index (χ1n) is 9.07. The maximum absolute atomic E-state index is 13.0. The Morgan fingerprint density at radius 1 is 1.20 bits per heavy atom. The summed E-state index contributed by atoms with van der Waals surface area (Å²) in [6.45, 7) is -0.0282. The number of hydrogen-bond acceptors (Lipinski definition) is 4. The van der Waals surface area contributed by atoms with Crippen molar-refractivity contribution in [3.8, 4) is 10.4 Å². The van der Waals surface area contributed by atoms with Gasteiger partial charge in [0.15, 0.2) is 0 Å². The van der Waals surface area contributed by atoms with Gasteiger partial charge in [-0.25, -0.2) is 4.98 Å². The fourth-order valence-corrected chi connectivity index (χ4v) is 4.17. The summed E-state index contributed by atoms with van der Waals surface area (Å²) in [5.41, 5.74) is 6.95. The van der Waals surface area contributed by atoms with E-state index >= 15 is 0 Å². The van der Waals surface area contributed by atoms with E-state index in [1.165, 1.54) is 23.5 Å². The summed E-state index contributed by atoms with van der Waals surface area (Å²) in [5, 5.41) is 3.68. The molecule has 0 aliphatic carbocycles. The molecule has 0 saturated heterocycles. The van der Waals surface area contributed by atoms with Gasteiger partial charge < -0.3 is 16.0 Å². The third-order valence-corrected chi connectivity index (χ3v) is 5.83. The van der Waals surface area contributed by atoms with Crippen LogP contribution in [-0.4, -0.2) is 22.4 Å². The summed E-state index contributed by atoms with van der Waals surface area (Å²) < 4.78 is 39.0. The first-order valence-corrected chi connectivity index (χ1v) is 9.89. The second kappa shape index (κ2) is 7.92. The average Bonchev–Trinajstić information content (AvgIpc) is 3.40. The largest absolute Gasteiger partial charge is 0.416 e. The number of hydrogen-bond donors (Lipinski definition) is 3. The number of pyridine rings is 1. The van der Waals surface area contributed by atoms with Gasteiger partial charge in [-0.2, -0.15) is 13.2 Å². The van der Waals surface area contributed by atoms with E-state index in [1.807, 2.05) is 18.2 Å². The van der Waals surface area contributed by atoms with Gasteiger partial charge >= 0.3 is 6.18 Å². The normalized spacial score (nSPS) is 12.8. The van der Waals surface area contributed by atoms with Gasteiger partial charge in [0, 0.05) is 34.8 Å². The molecule has 0 radical (unpaired) electrons. The van der Waals surface area contributed by atoms with Crippen LogP contribution in [0.5, 0.6) is 0 Å². The van der Waals surface area contributed by atoms with Crippen LogP contribution < -0.4 is 11.1 Å². The third kappa shape index (κ3) is 3.94. The van der Waals surface area contributed by atoms with Crippen molar-refractivity contribution in [2.45, 2.75) is 12.2 Å². The number of thiophene rings is 1. The zero-order chi connectivity index (χ0) is 21.3. The number of aromatic nitrogens is 2. The van der Waals surface area contributed by atoms with Gasteiger partial charge in [0.05, 0.1) is 16.5 Å². The van der Waals surface area contributed by atoms with Gasteiger partial charge in [-0.15, -0.1) is 11.3 Å². The summed E-state index contributed by atoms with van der Waals surface area (Å²) in [6, 6.07) is 11.4. The fourth-order valence-electron chi connectivity index (χ4n) is 3.22. The lowest BCUT2D eigenvalue weighted by atomic mass is 10.0. The quantitative estimate of drug-likeness (QED) is 0.428. The van der Waals surface area contributed by atoms with E-state index in [4.69, 9.17) is 5.73 Å². The Kier molecular flexibility index (Phi) is 5.31. The zero-order valence-electron chi connectivity index (χ0n) is 15.5. The predicted octanol–water partition coefficient (Wildman–Crippen LogP) is 4.74. The van der Waals surface area contributed by atoms with Crippen molar-refractivity contribution in [3.05, 3.63) is 76.9 Å². The first-order chi connectivity index (χ1) is 14.4. The van der Waals surface area contributed by atoms with Crippen molar-refractivity contribution < 1.29 is 18.0 Å². The summed E-state index contributed by atoms with van der Waals surface area (Å²) in [6.07, 6.45) is -0.981. The highest BCUT2D eigenvalue weighted by atomic mass is 32.1. The fraction of sp³-hybridized carbons (Fsp3) is 0.143. The maximum atomic E-state index is 13.0. The minimum Gasteiger partial charge on any atom is -0.346 e. The van der Waals surface area contributed by atoms with Gasteiger partial charge in [-0.05, 0) is 42.0 Å². The van der Waals surface area contributed by atoms with Crippen LogP contribution in [-0.2, 0) is 6.18 Å². The Bertz CT molecular complexity index is 1200. The van der Waals surface area contributed by atoms with Crippen molar-refractivity contribution in [1.29, 1.82) is 0 Å². The van der Waals surface area contributed by atoms with E-state index in [0.29, 0.717) is 10.4 Å². The Balaban J connectivity index is 1.56. The molecule has 3 aromatic heterocycles. The minimum absolute atomic E-state index is 0.0282. The number of rotatable bonds is 5. The zero-order valence-corrected chi connectivity index (χ0v) is 16.3. The van der Waals surface area contributed by atoms with Gasteiger partial charge in [-0.1, -0.05) is 12.1 Å². The molecule has 4 N–H and O–H groups in total. The van der Waals surface area contributed by atoms with Crippen LogP contribution >= 0.6 is 11.3 Å². The standard InChI is InChI=1S/C21H17F3N4OS/c22-21(23,24)13-3-1-2-12(10-13)16(11-25)28-20(29)18-5-4-17(30-18)14-6-8-26-19-15(14)7-9-27-19/h1-10,16H,11,25H2,(H,26,27)(H,28,29). The lowest BCUT2D eigenvalue weighted by Crippen LogP contribution is -2.33. The Morgan fingerprint density at radius 2 is 2.03 bits per heavy atom. The number of benzene rings is 1. The van der Waals surface area contributed by atoms with E-state index in [-0.39, 0.29) is 6.54 Å². The average molecular weight is 430 g/mol. The van der Waals surface area contributed by atoms with E-state index in [9.17, 15) is 18.0 Å². The van der Waals surface area contributed by atoms with E-state index in [0.717, 1.165) is 33.6 Å². The highest BCUT2D eigenvalue weighted by Crippen LogP contribution is 2.33. The maximum Gasteiger partial charge on any atom is 0.416 e. The molecule has 4 aromatic rings. The predicted molar refractivity (Wildman–Crippen MR) is 110 cm³/mol. The summed E-state index contributed by atoms with van der Waals surface area (Å²) >= 11 is 1.29. The van der Waals surface area contributed by atoms with Crippen LogP contribution in [0.2, 0.25) is 0 Å². The Hall–Kier alpha value is -3.17. The third-order valence-electron chi connectivity index (χ3n) is 4.71. The molecule has 3 heterocycles. The summed E-state index contributed by atoms with van der Waals surface area (Å²) in [7, 11) is 0. The molecule has 4 rings (SSSR count). The molecule has 1 amide bonds. The summed E-state index contributed by atoms with van der Waals surface area (Å²) in [4.78, 5) is 21.4. The molecule has 1 aromatic carbocycles. The first kappa shape index (κ1) is 20.1. The smallest absolute Gasteiger partial charge is 0.346 e. The number of carbonyl (C=O) groups is 1. The number of carbonyl (C=O) groups excluding carboxylic acids is 1. The van der Waals surface area contributed by atoms with Crippen molar-refractivity contribution >= 4 is 28.3 Å².